The van der Waals surface area contributed by atoms with Crippen molar-refractivity contribution >= 4 is 0 Å². The number of nitrogens with two attached hydrogens (primary N) is 1. The highest BCUT2D eigenvalue weighted by Gasteiger charge is 2.23. The number of hydrogen-bond donors (Lipinski definition) is 1. The summed E-state index contributed by atoms with van der Waals surface area (Å²) in [7, 11) is 1.47. The minimum absolute atomic E-state index is 0.157. The molecule has 0 aromatic heterocycles. The molecule has 1 aromatic carbocycles. The maximum atomic E-state index is 13.7. The molecule has 0 bridgehead atoms. The molecular formula is C16H25FN2O. The maximum absolute atomic E-state index is 13.7. The van der Waals surface area contributed by atoms with Crippen molar-refractivity contribution in [3.05, 3.63) is 29.6 Å². The van der Waals surface area contributed by atoms with Gasteiger partial charge in [-0.15, -0.1) is 0 Å². The molecule has 1 fully saturated rings. The number of likely N-dealkylation sites (N-methyl/N-ethyl adjacent to an activating group) is 1. The Morgan fingerprint density at radius 2 is 2.10 bits per heavy atom. The Morgan fingerprint density at radius 3 is 2.65 bits per heavy atom. The van der Waals surface area contributed by atoms with Gasteiger partial charge in [-0.2, -0.15) is 0 Å². The molecule has 1 unspecified atom stereocenters. The average Bonchev–Trinajstić information content (AvgIpc) is 2.98. The zero-order chi connectivity index (χ0) is 14.5. The van der Waals surface area contributed by atoms with E-state index in [0.717, 1.165) is 18.7 Å². The van der Waals surface area contributed by atoms with Gasteiger partial charge in [-0.25, -0.2) is 4.39 Å². The fourth-order valence-electron chi connectivity index (χ4n) is 3.08. The summed E-state index contributed by atoms with van der Waals surface area (Å²) < 4.78 is 18.7. The summed E-state index contributed by atoms with van der Waals surface area (Å²) in [5, 5.41) is 0. The first-order chi connectivity index (χ1) is 9.65. The molecule has 112 valence electrons. The van der Waals surface area contributed by atoms with E-state index in [1.807, 2.05) is 6.07 Å². The van der Waals surface area contributed by atoms with Gasteiger partial charge in [0.1, 0.15) is 0 Å². The van der Waals surface area contributed by atoms with Gasteiger partial charge >= 0.3 is 0 Å². The molecule has 4 heteroatoms. The van der Waals surface area contributed by atoms with Crippen LogP contribution in [0, 0.1) is 5.82 Å². The summed E-state index contributed by atoms with van der Waals surface area (Å²) in [6, 6.07) is 5.49. The van der Waals surface area contributed by atoms with Gasteiger partial charge in [-0.3, -0.25) is 4.90 Å². The monoisotopic (exact) mass is 280 g/mol. The first-order valence-corrected chi connectivity index (χ1v) is 7.48. The predicted molar refractivity (Wildman–Crippen MR) is 79.4 cm³/mol. The fraction of sp³-hybridized carbons (Fsp3) is 0.625. The lowest BCUT2D eigenvalue weighted by Gasteiger charge is -2.30. The van der Waals surface area contributed by atoms with Crippen molar-refractivity contribution in [2.75, 3.05) is 20.2 Å². The van der Waals surface area contributed by atoms with Crippen molar-refractivity contribution in [1.82, 2.24) is 4.90 Å². The van der Waals surface area contributed by atoms with Crippen LogP contribution in [-0.2, 0) is 0 Å². The Labute approximate surface area is 120 Å². The lowest BCUT2D eigenvalue weighted by molar-refractivity contribution is 0.196. The van der Waals surface area contributed by atoms with E-state index in [0.29, 0.717) is 6.04 Å². The molecular weight excluding hydrogens is 255 g/mol. The van der Waals surface area contributed by atoms with Crippen molar-refractivity contribution in [3.8, 4) is 5.75 Å². The first-order valence-electron chi connectivity index (χ1n) is 7.48. The highest BCUT2D eigenvalue weighted by molar-refractivity contribution is 5.31. The van der Waals surface area contributed by atoms with Gasteiger partial charge in [0.25, 0.3) is 0 Å². The minimum atomic E-state index is -0.343. The molecule has 0 saturated heterocycles. The Bertz CT molecular complexity index is 432. The molecule has 1 atom stereocenters. The minimum Gasteiger partial charge on any atom is -0.494 e. The SMILES string of the molecule is CCN(CC(N)c1ccc(OC)c(F)c1)C1CCCC1. The topological polar surface area (TPSA) is 38.5 Å². The van der Waals surface area contributed by atoms with Crippen LogP contribution in [0.1, 0.15) is 44.2 Å². The van der Waals surface area contributed by atoms with E-state index in [-0.39, 0.29) is 17.6 Å². The lowest BCUT2D eigenvalue weighted by Crippen LogP contribution is -2.38. The molecule has 0 heterocycles. The van der Waals surface area contributed by atoms with E-state index in [1.54, 1.807) is 6.07 Å². The molecule has 1 saturated carbocycles. The molecule has 1 aliphatic carbocycles. The van der Waals surface area contributed by atoms with E-state index in [2.05, 4.69) is 11.8 Å². The van der Waals surface area contributed by atoms with Crippen LogP contribution >= 0.6 is 0 Å². The molecule has 0 aliphatic heterocycles. The highest BCUT2D eigenvalue weighted by Crippen LogP contribution is 2.26. The Hall–Kier alpha value is -1.13. The molecule has 1 aromatic rings. The van der Waals surface area contributed by atoms with E-state index >= 15 is 0 Å². The summed E-state index contributed by atoms with van der Waals surface area (Å²) in [5.41, 5.74) is 7.08. The van der Waals surface area contributed by atoms with Crippen LogP contribution in [0.2, 0.25) is 0 Å². The van der Waals surface area contributed by atoms with E-state index in [1.165, 1.54) is 38.9 Å². The van der Waals surface area contributed by atoms with Gasteiger partial charge in [0.05, 0.1) is 7.11 Å². The third-order valence-corrected chi connectivity index (χ3v) is 4.28. The van der Waals surface area contributed by atoms with E-state index < -0.39 is 0 Å². The zero-order valence-corrected chi connectivity index (χ0v) is 12.4. The summed E-state index contributed by atoms with van der Waals surface area (Å²) in [4.78, 5) is 2.43. The van der Waals surface area contributed by atoms with Crippen LogP contribution in [0.5, 0.6) is 5.75 Å². The van der Waals surface area contributed by atoms with Gasteiger partial charge in [-0.1, -0.05) is 25.8 Å². The molecule has 2 rings (SSSR count). The van der Waals surface area contributed by atoms with Gasteiger partial charge in [0, 0.05) is 18.6 Å². The van der Waals surface area contributed by atoms with Gasteiger partial charge < -0.3 is 10.5 Å². The summed E-state index contributed by atoms with van der Waals surface area (Å²) in [6.07, 6.45) is 5.15. The highest BCUT2D eigenvalue weighted by atomic mass is 19.1. The summed E-state index contributed by atoms with van der Waals surface area (Å²) in [5.74, 6) is -0.0755. The number of rotatable bonds is 6. The van der Waals surface area contributed by atoms with E-state index in [4.69, 9.17) is 10.5 Å². The second-order valence-corrected chi connectivity index (χ2v) is 5.53. The van der Waals surface area contributed by atoms with Crippen LogP contribution in [0.25, 0.3) is 0 Å². The first kappa shape index (κ1) is 15.3. The van der Waals surface area contributed by atoms with Crippen LogP contribution < -0.4 is 10.5 Å². The molecule has 1 aliphatic rings. The van der Waals surface area contributed by atoms with E-state index in [9.17, 15) is 4.39 Å². The quantitative estimate of drug-likeness (QED) is 0.870. The van der Waals surface area contributed by atoms with Crippen molar-refractivity contribution in [3.63, 3.8) is 0 Å². The Morgan fingerprint density at radius 1 is 1.40 bits per heavy atom. The van der Waals surface area contributed by atoms with Crippen molar-refractivity contribution in [1.29, 1.82) is 0 Å². The standard InChI is InChI=1S/C16H25FN2O/c1-3-19(13-6-4-5-7-13)11-15(18)12-8-9-16(20-2)14(17)10-12/h8-10,13,15H,3-7,11,18H2,1-2H3. The third kappa shape index (κ3) is 3.49. The number of nitrogens with zero attached hydrogens (tertiary/aromatic N) is 1. The molecule has 0 radical (unpaired) electrons. The lowest BCUT2D eigenvalue weighted by atomic mass is 10.1. The molecule has 2 N–H and O–H groups in total. The summed E-state index contributed by atoms with van der Waals surface area (Å²) >= 11 is 0. The zero-order valence-electron chi connectivity index (χ0n) is 12.4. The van der Waals surface area contributed by atoms with Crippen LogP contribution in [-0.4, -0.2) is 31.1 Å². The van der Waals surface area contributed by atoms with Crippen LogP contribution in [0.4, 0.5) is 4.39 Å². The Kier molecular flexibility index (Phi) is 5.38. The van der Waals surface area contributed by atoms with Gasteiger partial charge in [0.2, 0.25) is 0 Å². The van der Waals surface area contributed by atoms with Gasteiger partial charge in [-0.05, 0) is 37.1 Å². The van der Waals surface area contributed by atoms with Crippen LogP contribution in [0.3, 0.4) is 0 Å². The number of benzene rings is 1. The summed E-state index contributed by atoms with van der Waals surface area (Å²) in [6.45, 7) is 3.95. The van der Waals surface area contributed by atoms with Crippen molar-refractivity contribution in [2.45, 2.75) is 44.7 Å². The molecule has 0 spiro atoms. The van der Waals surface area contributed by atoms with Crippen LogP contribution in [0.15, 0.2) is 18.2 Å². The Balaban J connectivity index is 2.02. The number of methoxy groups -OCH3 is 1. The fourth-order valence-corrected chi connectivity index (χ4v) is 3.08. The van der Waals surface area contributed by atoms with Gasteiger partial charge in [0.15, 0.2) is 11.6 Å². The number of ether oxygens (including phenoxy) is 1. The largest absolute Gasteiger partial charge is 0.494 e. The maximum Gasteiger partial charge on any atom is 0.165 e. The second-order valence-electron chi connectivity index (χ2n) is 5.53. The number of halogens is 1. The van der Waals surface area contributed by atoms with Crippen molar-refractivity contribution in [2.24, 2.45) is 5.73 Å². The predicted octanol–water partition coefficient (Wildman–Crippen LogP) is 3.10. The molecule has 3 nitrogen and oxygen atoms in total. The second kappa shape index (κ2) is 7.04. The molecule has 0 amide bonds. The van der Waals surface area contributed by atoms with Crippen molar-refractivity contribution < 1.29 is 9.13 Å². The normalized spacial score (nSPS) is 17.6. The third-order valence-electron chi connectivity index (χ3n) is 4.28. The molecule has 20 heavy (non-hydrogen) atoms. The number of hydrogen-bond acceptors (Lipinski definition) is 3. The smallest absolute Gasteiger partial charge is 0.165 e. The average molecular weight is 280 g/mol.